The minimum atomic E-state index is 0.337. The molecular weight excluding hydrogens is 262 g/mol. The van der Waals surface area contributed by atoms with Gasteiger partial charge in [0.05, 0.1) is 6.54 Å². The average molecular weight is 285 g/mol. The van der Waals surface area contributed by atoms with E-state index in [1.54, 1.807) is 0 Å². The van der Waals surface area contributed by atoms with Crippen LogP contribution in [0.4, 0.5) is 0 Å². The van der Waals surface area contributed by atoms with E-state index in [0.29, 0.717) is 23.9 Å². The Bertz CT molecular complexity index is 618. The molecule has 1 heterocycles. The monoisotopic (exact) mass is 285 g/mol. The Balaban J connectivity index is 1.80. The van der Waals surface area contributed by atoms with Crippen molar-refractivity contribution in [3.05, 3.63) is 47.1 Å². The van der Waals surface area contributed by atoms with E-state index in [0.717, 1.165) is 18.7 Å². The van der Waals surface area contributed by atoms with E-state index in [1.807, 2.05) is 6.92 Å². The van der Waals surface area contributed by atoms with Crippen LogP contribution in [0, 0.1) is 12.3 Å². The van der Waals surface area contributed by atoms with Crippen LogP contribution < -0.4 is 5.32 Å². The first kappa shape index (κ1) is 14.3. The number of hydrogen-bond donors (Lipinski definition) is 1. The fourth-order valence-electron chi connectivity index (χ4n) is 3.15. The van der Waals surface area contributed by atoms with Crippen molar-refractivity contribution in [1.82, 2.24) is 15.5 Å². The molecule has 0 radical (unpaired) electrons. The van der Waals surface area contributed by atoms with Crippen molar-refractivity contribution in [2.75, 3.05) is 0 Å². The zero-order valence-corrected chi connectivity index (χ0v) is 13.0. The SMILES string of the molecule is Cc1nc(CNC2CC(C)(C)CCc3ccccc32)no1. The molecule has 1 aliphatic carbocycles. The summed E-state index contributed by atoms with van der Waals surface area (Å²) in [5.74, 6) is 1.35. The van der Waals surface area contributed by atoms with Gasteiger partial charge in [0.1, 0.15) is 0 Å². The van der Waals surface area contributed by atoms with Crippen LogP contribution in [0.25, 0.3) is 0 Å². The Kier molecular flexibility index (Phi) is 3.81. The van der Waals surface area contributed by atoms with Gasteiger partial charge < -0.3 is 9.84 Å². The zero-order valence-electron chi connectivity index (χ0n) is 13.0. The van der Waals surface area contributed by atoms with Crippen molar-refractivity contribution >= 4 is 0 Å². The van der Waals surface area contributed by atoms with Gasteiger partial charge in [-0.3, -0.25) is 0 Å². The van der Waals surface area contributed by atoms with Gasteiger partial charge in [-0.15, -0.1) is 0 Å². The maximum Gasteiger partial charge on any atom is 0.223 e. The number of fused-ring (bicyclic) bond motifs is 1. The van der Waals surface area contributed by atoms with Crippen LogP contribution in [-0.4, -0.2) is 10.1 Å². The summed E-state index contributed by atoms with van der Waals surface area (Å²) >= 11 is 0. The molecule has 3 rings (SSSR count). The van der Waals surface area contributed by atoms with Gasteiger partial charge in [-0.2, -0.15) is 4.98 Å². The summed E-state index contributed by atoms with van der Waals surface area (Å²) in [4.78, 5) is 4.27. The van der Waals surface area contributed by atoms with Gasteiger partial charge in [0.15, 0.2) is 5.82 Å². The molecule has 2 aromatic rings. The molecule has 0 bridgehead atoms. The van der Waals surface area contributed by atoms with Gasteiger partial charge >= 0.3 is 0 Å². The highest BCUT2D eigenvalue weighted by atomic mass is 16.5. The van der Waals surface area contributed by atoms with Crippen LogP contribution in [-0.2, 0) is 13.0 Å². The number of aromatic nitrogens is 2. The van der Waals surface area contributed by atoms with Crippen molar-refractivity contribution in [3.63, 3.8) is 0 Å². The van der Waals surface area contributed by atoms with Gasteiger partial charge in [-0.1, -0.05) is 43.3 Å². The smallest absolute Gasteiger partial charge is 0.223 e. The molecule has 0 amide bonds. The van der Waals surface area contributed by atoms with Crippen molar-refractivity contribution < 1.29 is 4.52 Å². The molecule has 1 unspecified atom stereocenters. The summed E-state index contributed by atoms with van der Waals surface area (Å²) in [6.45, 7) is 7.17. The lowest BCUT2D eigenvalue weighted by Crippen LogP contribution is -2.26. The molecule has 4 heteroatoms. The Hall–Kier alpha value is -1.68. The summed E-state index contributed by atoms with van der Waals surface area (Å²) < 4.78 is 5.04. The first-order chi connectivity index (χ1) is 10.0. The van der Waals surface area contributed by atoms with E-state index in [1.165, 1.54) is 17.5 Å². The Morgan fingerprint density at radius 3 is 2.90 bits per heavy atom. The Morgan fingerprint density at radius 2 is 2.14 bits per heavy atom. The maximum absolute atomic E-state index is 5.04. The lowest BCUT2D eigenvalue weighted by molar-refractivity contribution is 0.271. The summed E-state index contributed by atoms with van der Waals surface area (Å²) in [7, 11) is 0. The topological polar surface area (TPSA) is 51.0 Å². The summed E-state index contributed by atoms with van der Waals surface area (Å²) in [5.41, 5.74) is 3.22. The molecule has 4 nitrogen and oxygen atoms in total. The van der Waals surface area contributed by atoms with Gasteiger partial charge in [-0.25, -0.2) is 0 Å². The van der Waals surface area contributed by atoms with Gasteiger partial charge in [0, 0.05) is 13.0 Å². The van der Waals surface area contributed by atoms with E-state index in [2.05, 4.69) is 53.6 Å². The third-order valence-electron chi connectivity index (χ3n) is 4.33. The highest BCUT2D eigenvalue weighted by Gasteiger charge is 2.29. The molecule has 0 spiro atoms. The Morgan fingerprint density at radius 1 is 1.33 bits per heavy atom. The number of benzene rings is 1. The van der Waals surface area contributed by atoms with Gasteiger partial charge in [-0.05, 0) is 35.8 Å². The van der Waals surface area contributed by atoms with Crippen molar-refractivity contribution in [3.8, 4) is 0 Å². The summed E-state index contributed by atoms with van der Waals surface area (Å²) in [6.07, 6.45) is 3.51. The maximum atomic E-state index is 5.04. The number of rotatable bonds is 3. The molecular formula is C17H23N3O. The highest BCUT2D eigenvalue weighted by Crippen LogP contribution is 2.39. The lowest BCUT2D eigenvalue weighted by Gasteiger charge is -2.27. The third-order valence-corrected chi connectivity index (χ3v) is 4.33. The predicted octanol–water partition coefficient (Wildman–Crippen LogP) is 3.57. The number of hydrogen-bond acceptors (Lipinski definition) is 4. The molecule has 0 fully saturated rings. The lowest BCUT2D eigenvalue weighted by atomic mass is 9.83. The molecule has 0 saturated heterocycles. The second-order valence-electron chi connectivity index (χ2n) is 6.73. The van der Waals surface area contributed by atoms with Crippen LogP contribution in [0.1, 0.15) is 55.6 Å². The van der Waals surface area contributed by atoms with Crippen molar-refractivity contribution in [1.29, 1.82) is 0 Å². The molecule has 21 heavy (non-hydrogen) atoms. The quantitative estimate of drug-likeness (QED) is 0.876. The molecule has 0 saturated carbocycles. The molecule has 1 aromatic heterocycles. The summed E-state index contributed by atoms with van der Waals surface area (Å²) in [5, 5.41) is 7.59. The fourth-order valence-corrected chi connectivity index (χ4v) is 3.15. The number of aryl methyl sites for hydroxylation is 2. The van der Waals surface area contributed by atoms with Crippen molar-refractivity contribution in [2.45, 2.75) is 52.6 Å². The molecule has 0 aliphatic heterocycles. The van der Waals surface area contributed by atoms with E-state index >= 15 is 0 Å². The van der Waals surface area contributed by atoms with Crippen LogP contribution in [0.3, 0.4) is 0 Å². The minimum absolute atomic E-state index is 0.337. The van der Waals surface area contributed by atoms with Crippen LogP contribution in [0.2, 0.25) is 0 Å². The largest absolute Gasteiger partial charge is 0.340 e. The predicted molar refractivity (Wildman–Crippen MR) is 81.8 cm³/mol. The zero-order chi connectivity index (χ0) is 14.9. The molecule has 1 aromatic carbocycles. The molecule has 1 atom stereocenters. The average Bonchev–Trinajstić information content (AvgIpc) is 2.81. The van der Waals surface area contributed by atoms with Crippen LogP contribution >= 0.6 is 0 Å². The standard InChI is InChI=1S/C17H23N3O/c1-12-19-16(20-21-12)11-18-15-10-17(2,3)9-8-13-6-4-5-7-14(13)15/h4-7,15,18H,8-11H2,1-3H3. The van der Waals surface area contributed by atoms with Crippen molar-refractivity contribution in [2.24, 2.45) is 5.41 Å². The molecule has 1 aliphatic rings. The van der Waals surface area contributed by atoms with Crippen LogP contribution in [0.5, 0.6) is 0 Å². The Labute approximate surface area is 126 Å². The first-order valence-electron chi connectivity index (χ1n) is 7.64. The second kappa shape index (κ2) is 5.60. The third kappa shape index (κ3) is 3.32. The van der Waals surface area contributed by atoms with E-state index < -0.39 is 0 Å². The molecule has 1 N–H and O–H groups in total. The van der Waals surface area contributed by atoms with E-state index in [4.69, 9.17) is 4.52 Å². The number of nitrogens with one attached hydrogen (secondary N) is 1. The summed E-state index contributed by atoms with van der Waals surface area (Å²) in [6, 6.07) is 9.11. The van der Waals surface area contributed by atoms with Gasteiger partial charge in [0.25, 0.3) is 0 Å². The minimum Gasteiger partial charge on any atom is -0.340 e. The van der Waals surface area contributed by atoms with E-state index in [9.17, 15) is 0 Å². The number of nitrogens with zero attached hydrogens (tertiary/aromatic N) is 2. The fraction of sp³-hybridized carbons (Fsp3) is 0.529. The highest BCUT2D eigenvalue weighted by molar-refractivity contribution is 5.31. The van der Waals surface area contributed by atoms with Gasteiger partial charge in [0.2, 0.25) is 5.89 Å². The first-order valence-corrected chi connectivity index (χ1v) is 7.64. The van der Waals surface area contributed by atoms with E-state index in [-0.39, 0.29) is 0 Å². The van der Waals surface area contributed by atoms with Crippen LogP contribution in [0.15, 0.2) is 28.8 Å². The molecule has 112 valence electrons. The normalized spacial score (nSPS) is 20.8. The second-order valence-corrected chi connectivity index (χ2v) is 6.73.